The minimum absolute atomic E-state index is 0.0338. The van der Waals surface area contributed by atoms with Gasteiger partial charge in [-0.3, -0.25) is 28.5 Å². The van der Waals surface area contributed by atoms with E-state index >= 15 is 4.39 Å². The lowest BCUT2D eigenvalue weighted by Crippen LogP contribution is -2.60. The second kappa shape index (κ2) is 19.3. The largest absolute Gasteiger partial charge is 0.522 e. The van der Waals surface area contributed by atoms with E-state index in [0.717, 1.165) is 30.6 Å². The molecule has 1 unspecified atom stereocenters. The van der Waals surface area contributed by atoms with E-state index in [4.69, 9.17) is 9.26 Å². The average molecular weight is 988 g/mol. The van der Waals surface area contributed by atoms with Crippen molar-refractivity contribution < 1.29 is 55.3 Å². The standard InChI is InChI=1S/C49H62F4N5O8PS/c1-28(2)27-64-47(62)29(3)55-67(63,66-37-13-14-37)43(50)31-10-17-41-32(20-31)21-42(68-41)44(59)54-39-15-11-34(56(4)36-23-38(24-36)65-49(51,52)53)22-35-12-16-40(58(35)45(39)60)46(61)57-26-33(25-48(57)18-19-48)30-8-6-5-7-9-30/h5-10,17,20-21,28-29,33-40,43H,11-16,18-19,22-27H2,1-4H3,(H,54,59)(H,55,63)/t29-,33+,34-,35+,36?,38?,39-,40-,43-,67?/m0/s1. The highest BCUT2D eigenvalue weighted by Crippen LogP contribution is 2.61. The number of esters is 1. The third-order valence-electron chi connectivity index (χ3n) is 14.9. The molecule has 370 valence electrons. The van der Waals surface area contributed by atoms with Crippen LogP contribution in [-0.4, -0.2) is 119 Å². The molecule has 4 heterocycles. The highest BCUT2D eigenvalue weighted by molar-refractivity contribution is 7.57. The molecule has 3 aromatic rings. The number of likely N-dealkylation sites (tertiary alicyclic amines) is 1. The second-order valence-corrected chi connectivity index (χ2v) is 23.7. The molecule has 1 spiro atoms. The summed E-state index contributed by atoms with van der Waals surface area (Å²) < 4.78 is 85.8. The number of thiophene rings is 1. The first-order valence-electron chi connectivity index (χ1n) is 24.2. The van der Waals surface area contributed by atoms with Crippen LogP contribution in [0.1, 0.15) is 130 Å². The fourth-order valence-corrected chi connectivity index (χ4v) is 13.9. The summed E-state index contributed by atoms with van der Waals surface area (Å²) in [6.45, 7) is 5.92. The zero-order valence-corrected chi connectivity index (χ0v) is 40.6. The maximum atomic E-state index is 16.5. The van der Waals surface area contributed by atoms with Gasteiger partial charge in [-0.1, -0.05) is 50.2 Å². The highest BCUT2D eigenvalue weighted by Gasteiger charge is 2.59. The van der Waals surface area contributed by atoms with Gasteiger partial charge >= 0.3 is 19.9 Å². The number of hydrogen-bond donors (Lipinski definition) is 2. The fourth-order valence-electron chi connectivity index (χ4n) is 10.8. The van der Waals surface area contributed by atoms with Gasteiger partial charge in [-0.25, -0.2) is 9.48 Å². The van der Waals surface area contributed by atoms with Crippen molar-refractivity contribution in [3.8, 4) is 0 Å². The summed E-state index contributed by atoms with van der Waals surface area (Å²) in [7, 11) is -2.41. The minimum atomic E-state index is -4.72. The zero-order valence-electron chi connectivity index (χ0n) is 38.9. The lowest BCUT2D eigenvalue weighted by Gasteiger charge is -2.47. The summed E-state index contributed by atoms with van der Waals surface area (Å²) in [5, 5.41) is 6.12. The highest BCUT2D eigenvalue weighted by atomic mass is 32.1. The number of hydrogen-bond acceptors (Lipinski definition) is 10. The molecular formula is C49H62F4N5O8PS. The van der Waals surface area contributed by atoms with Gasteiger partial charge in [0.15, 0.2) is 0 Å². The SMILES string of the molecule is CC(C)COC(=O)[C@H](C)NP(=O)(OC1CC1)[C@H](F)c1ccc2sc(C(=O)N[C@H]3CC[C@H](N(C)C4CC(OC(F)(F)F)C4)C[C@H]4CC[C@@H](C(=O)N5C[C@H](c6ccccc6)CC56CC6)N4C3=O)cc2c1. The van der Waals surface area contributed by atoms with Crippen LogP contribution in [0, 0.1) is 5.92 Å². The summed E-state index contributed by atoms with van der Waals surface area (Å²) >= 11 is 1.15. The summed E-state index contributed by atoms with van der Waals surface area (Å²) in [5.41, 5.74) is 0.976. The Morgan fingerprint density at radius 2 is 1.68 bits per heavy atom. The number of carbonyl (C=O) groups is 4. The van der Waals surface area contributed by atoms with Crippen molar-refractivity contribution in [3.05, 3.63) is 70.6 Å². The van der Waals surface area contributed by atoms with E-state index in [9.17, 15) is 36.9 Å². The predicted molar refractivity (Wildman–Crippen MR) is 248 cm³/mol. The molecule has 1 aromatic heterocycles. The first kappa shape index (κ1) is 49.1. The Bertz CT molecular complexity index is 2410. The van der Waals surface area contributed by atoms with Crippen molar-refractivity contribution in [1.82, 2.24) is 25.1 Å². The van der Waals surface area contributed by atoms with E-state index in [2.05, 4.69) is 32.2 Å². The Hall–Kier alpha value is -3.93. The van der Waals surface area contributed by atoms with Crippen molar-refractivity contribution in [2.75, 3.05) is 20.2 Å². The molecule has 6 aliphatic rings. The molecule has 9 rings (SSSR count). The number of fused-ring (bicyclic) bond motifs is 2. The molecule has 3 aliphatic heterocycles. The molecule has 6 fully saturated rings. The van der Waals surface area contributed by atoms with Gasteiger partial charge in [0.05, 0.1) is 23.7 Å². The van der Waals surface area contributed by atoms with Gasteiger partial charge in [0.1, 0.15) is 18.1 Å². The number of alkyl halides is 4. The maximum Gasteiger partial charge on any atom is 0.522 e. The van der Waals surface area contributed by atoms with E-state index in [1.54, 1.807) is 17.0 Å². The first-order chi connectivity index (χ1) is 32.3. The molecule has 0 bridgehead atoms. The monoisotopic (exact) mass is 987 g/mol. The van der Waals surface area contributed by atoms with E-state index in [1.165, 1.54) is 24.6 Å². The van der Waals surface area contributed by atoms with Crippen LogP contribution in [-0.2, 0) is 32.9 Å². The molecule has 3 saturated heterocycles. The number of nitrogens with zero attached hydrogens (tertiary/aromatic N) is 3. The van der Waals surface area contributed by atoms with Crippen LogP contribution in [0.2, 0.25) is 0 Å². The van der Waals surface area contributed by atoms with Crippen molar-refractivity contribution in [2.24, 2.45) is 5.92 Å². The van der Waals surface area contributed by atoms with Crippen LogP contribution < -0.4 is 10.4 Å². The molecule has 3 saturated carbocycles. The van der Waals surface area contributed by atoms with E-state index in [0.29, 0.717) is 55.2 Å². The molecule has 3 aliphatic carbocycles. The third kappa shape index (κ3) is 10.6. The van der Waals surface area contributed by atoms with Gasteiger partial charge in [-0.2, -0.15) is 0 Å². The number of ether oxygens (including phenoxy) is 2. The molecule has 68 heavy (non-hydrogen) atoms. The predicted octanol–water partition coefficient (Wildman–Crippen LogP) is 8.98. The smallest absolute Gasteiger partial charge is 0.464 e. The first-order valence-corrected chi connectivity index (χ1v) is 26.7. The average Bonchev–Trinajstić information content (AvgIpc) is 4.12. The Labute approximate surface area is 398 Å². The Kier molecular flexibility index (Phi) is 14.0. The second-order valence-electron chi connectivity index (χ2n) is 20.5. The summed E-state index contributed by atoms with van der Waals surface area (Å²) in [4.78, 5) is 62.8. The summed E-state index contributed by atoms with van der Waals surface area (Å²) in [5.74, 6) is -3.51. The molecule has 3 amide bonds. The Morgan fingerprint density at radius 3 is 2.35 bits per heavy atom. The molecule has 19 heteroatoms. The molecule has 13 nitrogen and oxygen atoms in total. The normalized spacial score (nSPS) is 28.7. The van der Waals surface area contributed by atoms with Crippen LogP contribution in [0.3, 0.4) is 0 Å². The minimum Gasteiger partial charge on any atom is -0.464 e. The number of benzene rings is 2. The molecule has 0 radical (unpaired) electrons. The summed E-state index contributed by atoms with van der Waals surface area (Å²) in [6, 6.07) is 12.9. The van der Waals surface area contributed by atoms with Gasteiger partial charge in [0.25, 0.3) is 5.91 Å². The van der Waals surface area contributed by atoms with Gasteiger partial charge in [0.2, 0.25) is 17.7 Å². The quantitative estimate of drug-likeness (QED) is 0.0810. The molecule has 2 N–H and O–H groups in total. The zero-order chi connectivity index (χ0) is 48.3. The van der Waals surface area contributed by atoms with E-state index < -0.39 is 62.0 Å². The van der Waals surface area contributed by atoms with Crippen molar-refractivity contribution in [2.45, 2.75) is 170 Å². The van der Waals surface area contributed by atoms with Crippen LogP contribution in [0.15, 0.2) is 54.6 Å². The number of amides is 3. The van der Waals surface area contributed by atoms with Gasteiger partial charge in [0, 0.05) is 40.8 Å². The lowest BCUT2D eigenvalue weighted by atomic mass is 9.85. The van der Waals surface area contributed by atoms with Crippen LogP contribution in [0.4, 0.5) is 17.6 Å². The maximum absolute atomic E-state index is 16.5. The number of rotatable bonds is 16. The van der Waals surface area contributed by atoms with Crippen molar-refractivity contribution >= 4 is 52.6 Å². The van der Waals surface area contributed by atoms with E-state index in [-0.39, 0.29) is 83.6 Å². The van der Waals surface area contributed by atoms with Gasteiger partial charge in [-0.05, 0) is 132 Å². The van der Waals surface area contributed by atoms with Crippen LogP contribution >= 0.6 is 18.9 Å². The molecule has 8 atom stereocenters. The third-order valence-corrected chi connectivity index (χ3v) is 18.3. The number of carbonyl (C=O) groups excluding carboxylic acids is 4. The van der Waals surface area contributed by atoms with Crippen molar-refractivity contribution in [3.63, 3.8) is 0 Å². The van der Waals surface area contributed by atoms with Crippen LogP contribution in [0.25, 0.3) is 10.1 Å². The molecule has 2 aromatic carbocycles. The topological polar surface area (TPSA) is 147 Å². The number of halogens is 4. The van der Waals surface area contributed by atoms with Crippen LogP contribution in [0.5, 0.6) is 0 Å². The van der Waals surface area contributed by atoms with Gasteiger partial charge in [-0.15, -0.1) is 24.5 Å². The van der Waals surface area contributed by atoms with E-state index in [1.807, 2.05) is 44.0 Å². The fraction of sp³-hybridized carbons (Fsp3) is 0.633. The lowest BCUT2D eigenvalue weighted by molar-refractivity contribution is -0.354. The Morgan fingerprint density at radius 1 is 0.941 bits per heavy atom. The number of nitrogens with one attached hydrogen (secondary N) is 2. The molecular weight excluding hydrogens is 926 g/mol. The summed E-state index contributed by atoms with van der Waals surface area (Å²) in [6.07, 6.45) is 0.536. The Balaban J connectivity index is 0.937. The van der Waals surface area contributed by atoms with Crippen molar-refractivity contribution in [1.29, 1.82) is 0 Å². The van der Waals surface area contributed by atoms with Gasteiger partial charge < -0.3 is 29.3 Å².